The van der Waals surface area contributed by atoms with Crippen LogP contribution in [0.5, 0.6) is 11.5 Å². The Morgan fingerprint density at radius 1 is 1.11 bits per heavy atom. The van der Waals surface area contributed by atoms with Gasteiger partial charge in [0, 0.05) is 11.0 Å². The highest BCUT2D eigenvalue weighted by molar-refractivity contribution is 9.10. The number of ether oxygens (including phenoxy) is 1. The van der Waals surface area contributed by atoms with Crippen molar-refractivity contribution >= 4 is 61.3 Å². The Hall–Kier alpha value is -2.63. The van der Waals surface area contributed by atoms with E-state index in [1.54, 1.807) is 36.4 Å². The quantitative estimate of drug-likeness (QED) is 0.271. The van der Waals surface area contributed by atoms with Gasteiger partial charge in [0.25, 0.3) is 5.91 Å². The molecule has 0 spiro atoms. The van der Waals surface area contributed by atoms with Crippen molar-refractivity contribution in [2.24, 2.45) is 5.10 Å². The monoisotopic (exact) mass is 599 g/mol. The lowest BCUT2D eigenvalue weighted by molar-refractivity contribution is -0.121. The van der Waals surface area contributed by atoms with Gasteiger partial charge in [-0.2, -0.15) is 9.41 Å². The maximum absolute atomic E-state index is 13.3. The minimum atomic E-state index is -4.05. The van der Waals surface area contributed by atoms with Crippen LogP contribution in [-0.2, 0) is 21.4 Å². The van der Waals surface area contributed by atoms with Crippen molar-refractivity contribution < 1.29 is 23.1 Å². The number of amides is 1. The molecule has 8 nitrogen and oxygen atoms in total. The van der Waals surface area contributed by atoms with Gasteiger partial charge in [0.2, 0.25) is 10.0 Å². The number of carbonyl (C=O) groups is 1. The van der Waals surface area contributed by atoms with Crippen molar-refractivity contribution in [1.29, 1.82) is 0 Å². The van der Waals surface area contributed by atoms with Gasteiger partial charge in [-0.1, -0.05) is 45.2 Å². The highest BCUT2D eigenvalue weighted by atomic mass is 79.9. The minimum absolute atomic E-state index is 0.0215. The lowest BCUT2D eigenvalue weighted by atomic mass is 10.2. The van der Waals surface area contributed by atoms with Gasteiger partial charge in [-0.3, -0.25) is 4.79 Å². The highest BCUT2D eigenvalue weighted by Gasteiger charge is 2.27. The average molecular weight is 601 g/mol. The summed E-state index contributed by atoms with van der Waals surface area (Å²) in [7, 11) is -2.64. The van der Waals surface area contributed by atoms with E-state index >= 15 is 0 Å². The predicted octanol–water partition coefficient (Wildman–Crippen LogP) is 4.81. The summed E-state index contributed by atoms with van der Waals surface area (Å²) in [5.74, 6) is -0.453. The Labute approximate surface area is 221 Å². The molecule has 2 N–H and O–H groups in total. The van der Waals surface area contributed by atoms with Gasteiger partial charge in [-0.15, -0.1) is 0 Å². The fourth-order valence-corrected chi connectivity index (χ4v) is 4.94. The van der Waals surface area contributed by atoms with Crippen LogP contribution in [0.1, 0.15) is 11.1 Å². The van der Waals surface area contributed by atoms with Gasteiger partial charge in [0.1, 0.15) is 0 Å². The van der Waals surface area contributed by atoms with Crippen molar-refractivity contribution in [2.75, 3.05) is 13.7 Å². The normalized spacial score (nSPS) is 11.7. The number of hydrogen-bond donors (Lipinski definition) is 2. The van der Waals surface area contributed by atoms with Gasteiger partial charge in [-0.25, -0.2) is 13.8 Å². The number of phenolic OH excluding ortho intramolecular Hbond substituents is 1. The third-order valence-corrected chi connectivity index (χ3v) is 7.79. The smallest absolute Gasteiger partial charge is 0.255 e. The number of carbonyl (C=O) groups excluding carboxylic acids is 1. The van der Waals surface area contributed by atoms with Crippen LogP contribution in [-0.4, -0.2) is 43.6 Å². The maximum atomic E-state index is 13.3. The van der Waals surface area contributed by atoms with Gasteiger partial charge in [0.05, 0.1) is 34.8 Å². The Morgan fingerprint density at radius 2 is 1.83 bits per heavy atom. The summed E-state index contributed by atoms with van der Waals surface area (Å²) in [6.45, 7) is -0.629. The van der Waals surface area contributed by atoms with E-state index in [-0.39, 0.29) is 28.0 Å². The molecule has 0 fully saturated rings. The number of aromatic hydroxyl groups is 1. The zero-order chi connectivity index (χ0) is 25.6. The second kappa shape index (κ2) is 11.9. The van der Waals surface area contributed by atoms with Crippen molar-refractivity contribution in [3.8, 4) is 11.5 Å². The van der Waals surface area contributed by atoms with Crippen LogP contribution < -0.4 is 10.2 Å². The second-order valence-electron chi connectivity index (χ2n) is 7.20. The van der Waals surface area contributed by atoms with E-state index in [1.165, 1.54) is 37.6 Å². The Morgan fingerprint density at radius 3 is 2.49 bits per heavy atom. The van der Waals surface area contributed by atoms with Gasteiger partial charge < -0.3 is 9.84 Å². The Bertz CT molecular complexity index is 1350. The average Bonchev–Trinajstić information content (AvgIpc) is 2.82. The van der Waals surface area contributed by atoms with Crippen LogP contribution in [0.15, 0.2) is 75.1 Å². The largest absolute Gasteiger partial charge is 0.504 e. The van der Waals surface area contributed by atoms with Crippen LogP contribution in [0.2, 0.25) is 10.0 Å². The van der Waals surface area contributed by atoms with Crippen LogP contribution in [0, 0.1) is 0 Å². The van der Waals surface area contributed by atoms with Crippen LogP contribution in [0.4, 0.5) is 0 Å². The van der Waals surface area contributed by atoms with Crippen LogP contribution >= 0.6 is 39.1 Å². The van der Waals surface area contributed by atoms with E-state index in [4.69, 9.17) is 27.9 Å². The molecule has 35 heavy (non-hydrogen) atoms. The third-order valence-electron chi connectivity index (χ3n) is 4.72. The number of nitrogens with one attached hydrogen (secondary N) is 1. The van der Waals surface area contributed by atoms with Crippen molar-refractivity contribution in [2.45, 2.75) is 11.4 Å². The number of phenols is 1. The number of benzene rings is 3. The van der Waals surface area contributed by atoms with Gasteiger partial charge >= 0.3 is 0 Å². The van der Waals surface area contributed by atoms with E-state index in [0.29, 0.717) is 20.6 Å². The fourth-order valence-electron chi connectivity index (χ4n) is 2.97. The molecule has 3 aromatic carbocycles. The summed E-state index contributed by atoms with van der Waals surface area (Å²) in [6.07, 6.45) is 1.34. The first kappa shape index (κ1) is 27.0. The molecule has 3 aromatic rings. The summed E-state index contributed by atoms with van der Waals surface area (Å²) < 4.78 is 33.4. The minimum Gasteiger partial charge on any atom is -0.504 e. The number of sulfonamides is 1. The number of hydrazone groups is 1. The molecule has 0 radical (unpaired) electrons. The number of nitrogens with zero attached hydrogens (tertiary/aromatic N) is 2. The standard InChI is InChI=1S/C23H20BrCl2N3O5S/c1-34-22-11-15(3-9-21(22)30)12-27-28-23(31)14-29(13-16-2-8-19(25)20(26)10-16)35(32,33)18-6-4-17(24)5-7-18/h2-12,30H,13-14H2,1H3,(H,28,31)/b27-12+. The van der Waals surface area contributed by atoms with Crippen molar-refractivity contribution in [3.63, 3.8) is 0 Å². The molecule has 0 aliphatic heterocycles. The van der Waals surface area contributed by atoms with Crippen LogP contribution in [0.25, 0.3) is 0 Å². The topological polar surface area (TPSA) is 108 Å². The summed E-state index contributed by atoms with van der Waals surface area (Å²) in [5.41, 5.74) is 3.42. The summed E-state index contributed by atoms with van der Waals surface area (Å²) >= 11 is 15.3. The third kappa shape index (κ3) is 7.18. The molecule has 0 saturated heterocycles. The van der Waals surface area contributed by atoms with E-state index < -0.39 is 22.5 Å². The molecule has 184 valence electrons. The van der Waals surface area contributed by atoms with Crippen molar-refractivity contribution in [3.05, 3.63) is 86.3 Å². The maximum Gasteiger partial charge on any atom is 0.255 e. The Kier molecular flexibility index (Phi) is 9.15. The molecule has 12 heteroatoms. The lowest BCUT2D eigenvalue weighted by Gasteiger charge is -2.22. The molecular weight excluding hydrogens is 581 g/mol. The second-order valence-corrected chi connectivity index (χ2v) is 10.9. The number of rotatable bonds is 9. The zero-order valence-electron chi connectivity index (χ0n) is 18.3. The van der Waals surface area contributed by atoms with Crippen LogP contribution in [0.3, 0.4) is 0 Å². The van der Waals surface area contributed by atoms with E-state index in [1.807, 2.05) is 0 Å². The summed E-state index contributed by atoms with van der Waals surface area (Å²) in [6, 6.07) is 15.3. The molecule has 0 heterocycles. The SMILES string of the molecule is COc1cc(/C=N/NC(=O)CN(Cc2ccc(Cl)c(Cl)c2)S(=O)(=O)c2ccc(Br)cc2)ccc1O. The highest BCUT2D eigenvalue weighted by Crippen LogP contribution is 2.26. The molecule has 3 rings (SSSR count). The van der Waals surface area contributed by atoms with E-state index in [2.05, 4.69) is 26.5 Å². The van der Waals surface area contributed by atoms with E-state index in [0.717, 1.165) is 4.31 Å². The van der Waals surface area contributed by atoms with Gasteiger partial charge in [-0.05, 0) is 65.7 Å². The molecule has 0 aromatic heterocycles. The van der Waals surface area contributed by atoms with E-state index in [9.17, 15) is 18.3 Å². The molecule has 0 saturated carbocycles. The first-order chi connectivity index (χ1) is 16.6. The predicted molar refractivity (Wildman–Crippen MR) is 139 cm³/mol. The molecular formula is C23H20BrCl2N3O5S. The molecule has 0 unspecified atom stereocenters. The number of methoxy groups -OCH3 is 1. The summed E-state index contributed by atoms with van der Waals surface area (Å²) in [4.78, 5) is 12.6. The molecule has 0 aliphatic carbocycles. The molecule has 1 amide bonds. The molecule has 0 atom stereocenters. The fraction of sp³-hybridized carbons (Fsp3) is 0.130. The molecule has 0 aliphatic rings. The number of halogens is 3. The zero-order valence-corrected chi connectivity index (χ0v) is 22.2. The van der Waals surface area contributed by atoms with Gasteiger partial charge in [0.15, 0.2) is 11.5 Å². The first-order valence-corrected chi connectivity index (χ1v) is 13.0. The molecule has 0 bridgehead atoms. The number of hydrogen-bond acceptors (Lipinski definition) is 6. The van der Waals surface area contributed by atoms with Crippen molar-refractivity contribution in [1.82, 2.24) is 9.73 Å². The summed E-state index contributed by atoms with van der Waals surface area (Å²) in [5, 5.41) is 14.1. The Balaban J connectivity index is 1.80. The first-order valence-electron chi connectivity index (χ1n) is 9.98. The lowest BCUT2D eigenvalue weighted by Crippen LogP contribution is -2.39.